The van der Waals surface area contributed by atoms with Gasteiger partial charge in [0.05, 0.1) is 21.0 Å². The van der Waals surface area contributed by atoms with Crippen LogP contribution in [0.25, 0.3) is 0 Å². The van der Waals surface area contributed by atoms with Crippen molar-refractivity contribution in [1.82, 2.24) is 0 Å². The van der Waals surface area contributed by atoms with Crippen molar-refractivity contribution in [2.45, 2.75) is 13.0 Å². The Morgan fingerprint density at radius 1 is 1.50 bits per heavy atom. The van der Waals surface area contributed by atoms with Gasteiger partial charge in [-0.3, -0.25) is 10.1 Å². The molecule has 0 spiro atoms. The highest BCUT2D eigenvalue weighted by atomic mass is 35.5. The quantitative estimate of drug-likeness (QED) is 0.514. The van der Waals surface area contributed by atoms with Crippen molar-refractivity contribution < 1.29 is 4.92 Å². The standard InChI is InChI=1S/C10H8Cl2N2O2/c1-3-6(2)13-9-4-7(11)8(12)5-10(9)14(15)16/h1,4-6,13H,2H3. The van der Waals surface area contributed by atoms with Gasteiger partial charge in [0, 0.05) is 6.07 Å². The second-order valence-electron chi connectivity index (χ2n) is 3.07. The van der Waals surface area contributed by atoms with Gasteiger partial charge < -0.3 is 5.32 Å². The molecular formula is C10H8Cl2N2O2. The van der Waals surface area contributed by atoms with Gasteiger partial charge in [-0.15, -0.1) is 6.42 Å². The van der Waals surface area contributed by atoms with Gasteiger partial charge in [0.1, 0.15) is 5.69 Å². The number of nitrogens with zero attached hydrogens (tertiary/aromatic N) is 1. The van der Waals surface area contributed by atoms with Crippen LogP contribution in [-0.4, -0.2) is 11.0 Å². The summed E-state index contributed by atoms with van der Waals surface area (Å²) in [7, 11) is 0. The normalized spacial score (nSPS) is 11.6. The molecule has 1 N–H and O–H groups in total. The molecule has 0 amide bonds. The summed E-state index contributed by atoms with van der Waals surface area (Å²) in [6.45, 7) is 1.70. The Balaban J connectivity index is 3.21. The van der Waals surface area contributed by atoms with Crippen molar-refractivity contribution in [2.75, 3.05) is 5.32 Å². The summed E-state index contributed by atoms with van der Waals surface area (Å²) < 4.78 is 0. The van der Waals surface area contributed by atoms with E-state index in [1.165, 1.54) is 12.1 Å². The zero-order valence-electron chi connectivity index (χ0n) is 8.33. The van der Waals surface area contributed by atoms with E-state index in [2.05, 4.69) is 11.2 Å². The third kappa shape index (κ3) is 2.78. The van der Waals surface area contributed by atoms with Crippen LogP contribution in [-0.2, 0) is 0 Å². The lowest BCUT2D eigenvalue weighted by molar-refractivity contribution is -0.384. The van der Waals surface area contributed by atoms with E-state index in [-0.39, 0.29) is 27.5 Å². The second-order valence-corrected chi connectivity index (χ2v) is 3.89. The summed E-state index contributed by atoms with van der Waals surface area (Å²) in [4.78, 5) is 10.2. The maximum Gasteiger partial charge on any atom is 0.293 e. The van der Waals surface area contributed by atoms with E-state index >= 15 is 0 Å². The molecule has 4 nitrogen and oxygen atoms in total. The molecule has 0 aliphatic carbocycles. The van der Waals surface area contributed by atoms with Gasteiger partial charge in [0.2, 0.25) is 0 Å². The van der Waals surface area contributed by atoms with Crippen molar-refractivity contribution in [3.05, 3.63) is 32.3 Å². The van der Waals surface area contributed by atoms with E-state index in [0.717, 1.165) is 0 Å². The van der Waals surface area contributed by atoms with E-state index < -0.39 is 4.92 Å². The van der Waals surface area contributed by atoms with Gasteiger partial charge in [-0.1, -0.05) is 29.1 Å². The highest BCUT2D eigenvalue weighted by molar-refractivity contribution is 6.42. The van der Waals surface area contributed by atoms with Crippen LogP contribution in [0.1, 0.15) is 6.92 Å². The fraction of sp³-hybridized carbons (Fsp3) is 0.200. The van der Waals surface area contributed by atoms with Crippen LogP contribution in [0, 0.1) is 22.5 Å². The van der Waals surface area contributed by atoms with E-state index in [1.54, 1.807) is 6.92 Å². The highest BCUT2D eigenvalue weighted by Crippen LogP contribution is 2.34. The topological polar surface area (TPSA) is 55.2 Å². The van der Waals surface area contributed by atoms with Crippen LogP contribution in [0.3, 0.4) is 0 Å². The first kappa shape index (κ1) is 12.6. The summed E-state index contributed by atoms with van der Waals surface area (Å²) in [6.07, 6.45) is 5.17. The van der Waals surface area contributed by atoms with Crippen molar-refractivity contribution in [2.24, 2.45) is 0 Å². The fourth-order valence-corrected chi connectivity index (χ4v) is 1.40. The minimum absolute atomic E-state index is 0.132. The Morgan fingerprint density at radius 3 is 2.56 bits per heavy atom. The molecule has 0 saturated carbocycles. The molecule has 1 aromatic rings. The molecule has 1 aromatic carbocycles. The van der Waals surface area contributed by atoms with Crippen LogP contribution in [0.15, 0.2) is 12.1 Å². The number of hydrogen-bond donors (Lipinski definition) is 1. The molecular weight excluding hydrogens is 251 g/mol. The van der Waals surface area contributed by atoms with Gasteiger partial charge in [-0.25, -0.2) is 0 Å². The second kappa shape index (κ2) is 5.06. The number of rotatable bonds is 3. The molecule has 0 aromatic heterocycles. The van der Waals surface area contributed by atoms with E-state index in [9.17, 15) is 10.1 Å². The zero-order valence-corrected chi connectivity index (χ0v) is 9.84. The van der Waals surface area contributed by atoms with Gasteiger partial charge >= 0.3 is 0 Å². The van der Waals surface area contributed by atoms with Crippen molar-refractivity contribution in [3.8, 4) is 12.3 Å². The molecule has 0 saturated heterocycles. The summed E-state index contributed by atoms with van der Waals surface area (Å²) in [5.74, 6) is 2.40. The molecule has 6 heteroatoms. The first-order chi connectivity index (χ1) is 7.45. The number of terminal acetylenes is 1. The van der Waals surface area contributed by atoms with Crippen LogP contribution < -0.4 is 5.32 Å². The van der Waals surface area contributed by atoms with Crippen molar-refractivity contribution in [3.63, 3.8) is 0 Å². The summed E-state index contributed by atoms with van der Waals surface area (Å²) in [5, 5.41) is 13.9. The zero-order chi connectivity index (χ0) is 12.3. The highest BCUT2D eigenvalue weighted by Gasteiger charge is 2.17. The smallest absolute Gasteiger partial charge is 0.293 e. The van der Waals surface area contributed by atoms with E-state index in [1.807, 2.05) is 0 Å². The Labute approximate surface area is 103 Å². The Bertz CT molecular complexity index is 469. The minimum atomic E-state index is -0.548. The number of halogens is 2. The molecule has 0 aliphatic rings. The first-order valence-electron chi connectivity index (χ1n) is 4.31. The lowest BCUT2D eigenvalue weighted by Gasteiger charge is -2.10. The summed E-state index contributed by atoms with van der Waals surface area (Å²) >= 11 is 11.5. The predicted octanol–water partition coefficient (Wildman–Crippen LogP) is 3.34. The molecule has 0 bridgehead atoms. The number of nitrogens with one attached hydrogen (secondary N) is 1. The average Bonchev–Trinajstić information content (AvgIpc) is 2.22. The SMILES string of the molecule is C#CC(C)Nc1cc(Cl)c(Cl)cc1[N+](=O)[O-]. The lowest BCUT2D eigenvalue weighted by Crippen LogP contribution is -2.13. The predicted molar refractivity (Wildman–Crippen MR) is 65.0 cm³/mol. The number of benzene rings is 1. The molecule has 0 fully saturated rings. The Morgan fingerprint density at radius 2 is 2.06 bits per heavy atom. The fourth-order valence-electron chi connectivity index (χ4n) is 1.08. The number of hydrogen-bond acceptors (Lipinski definition) is 3. The van der Waals surface area contributed by atoms with Crippen LogP contribution in [0.4, 0.5) is 11.4 Å². The Kier molecular flexibility index (Phi) is 3.99. The molecule has 1 rings (SSSR count). The lowest BCUT2D eigenvalue weighted by atomic mass is 10.2. The van der Waals surface area contributed by atoms with Gasteiger partial charge in [0.15, 0.2) is 0 Å². The van der Waals surface area contributed by atoms with Crippen molar-refractivity contribution >= 4 is 34.6 Å². The summed E-state index contributed by atoms with van der Waals surface area (Å²) in [5.41, 5.74) is 0.0985. The molecule has 0 radical (unpaired) electrons. The maximum atomic E-state index is 10.8. The van der Waals surface area contributed by atoms with Crippen LogP contribution in [0.5, 0.6) is 0 Å². The molecule has 1 unspecified atom stereocenters. The third-order valence-corrected chi connectivity index (χ3v) is 2.58. The summed E-state index contributed by atoms with van der Waals surface area (Å²) in [6, 6.07) is 2.24. The van der Waals surface area contributed by atoms with Gasteiger partial charge in [-0.05, 0) is 13.0 Å². The van der Waals surface area contributed by atoms with Crippen LogP contribution >= 0.6 is 23.2 Å². The molecule has 84 valence electrons. The maximum absolute atomic E-state index is 10.8. The molecule has 0 heterocycles. The third-order valence-electron chi connectivity index (χ3n) is 1.86. The number of nitro groups is 1. The van der Waals surface area contributed by atoms with Crippen molar-refractivity contribution in [1.29, 1.82) is 0 Å². The average molecular weight is 259 g/mol. The monoisotopic (exact) mass is 258 g/mol. The minimum Gasteiger partial charge on any atom is -0.366 e. The van der Waals surface area contributed by atoms with Gasteiger partial charge in [0.25, 0.3) is 5.69 Å². The Hall–Kier alpha value is -1.44. The number of nitro benzene ring substituents is 1. The van der Waals surface area contributed by atoms with Crippen LogP contribution in [0.2, 0.25) is 10.0 Å². The van der Waals surface area contributed by atoms with Gasteiger partial charge in [-0.2, -0.15) is 0 Å². The molecule has 0 aliphatic heterocycles. The molecule has 16 heavy (non-hydrogen) atoms. The molecule has 1 atom stereocenters. The number of anilines is 1. The first-order valence-corrected chi connectivity index (χ1v) is 5.07. The van der Waals surface area contributed by atoms with E-state index in [0.29, 0.717) is 0 Å². The van der Waals surface area contributed by atoms with E-state index in [4.69, 9.17) is 29.6 Å². The largest absolute Gasteiger partial charge is 0.366 e.